The number of fused-ring (bicyclic) bond motifs is 1. The summed E-state index contributed by atoms with van der Waals surface area (Å²) >= 11 is 1.26. The summed E-state index contributed by atoms with van der Waals surface area (Å²) < 4.78 is 0. The van der Waals surface area contributed by atoms with Gasteiger partial charge in [0.15, 0.2) is 0 Å². The van der Waals surface area contributed by atoms with Crippen molar-refractivity contribution in [2.24, 2.45) is 0 Å². The van der Waals surface area contributed by atoms with Crippen molar-refractivity contribution >= 4 is 34.0 Å². The van der Waals surface area contributed by atoms with Gasteiger partial charge in [0, 0.05) is 11.4 Å². The first-order valence-corrected chi connectivity index (χ1v) is 6.10. The van der Waals surface area contributed by atoms with Gasteiger partial charge in [-0.3, -0.25) is 4.79 Å². The van der Waals surface area contributed by atoms with Gasteiger partial charge in [0.2, 0.25) is 0 Å². The summed E-state index contributed by atoms with van der Waals surface area (Å²) in [7, 11) is 0. The Morgan fingerprint density at radius 3 is 2.72 bits per heavy atom. The lowest BCUT2D eigenvalue weighted by atomic mass is 10.0. The molecule has 2 heterocycles. The zero-order chi connectivity index (χ0) is 13.3. The molecule has 18 heavy (non-hydrogen) atoms. The molecule has 0 saturated carbocycles. The van der Waals surface area contributed by atoms with Gasteiger partial charge in [-0.25, -0.2) is 4.79 Å². The number of aliphatic carboxylic acids is 1. The van der Waals surface area contributed by atoms with Crippen LogP contribution in [-0.2, 0) is 22.6 Å². The van der Waals surface area contributed by atoms with Gasteiger partial charge in [-0.1, -0.05) is 6.58 Å². The molecule has 0 unspecified atom stereocenters. The maximum atomic E-state index is 11.2. The monoisotopic (exact) mass is 268 g/mol. The highest BCUT2D eigenvalue weighted by Gasteiger charge is 2.24. The SMILES string of the molecule is C=C(O)c1c(NC(=O)C(=O)O)sc2c1CCNC2. The molecule has 1 aliphatic heterocycles. The van der Waals surface area contributed by atoms with Crippen LogP contribution in [0.2, 0.25) is 0 Å². The lowest BCUT2D eigenvalue weighted by molar-refractivity contribution is -0.147. The van der Waals surface area contributed by atoms with E-state index in [1.54, 1.807) is 0 Å². The van der Waals surface area contributed by atoms with Gasteiger partial charge in [-0.15, -0.1) is 11.3 Å². The van der Waals surface area contributed by atoms with Crippen LogP contribution in [0.3, 0.4) is 0 Å². The van der Waals surface area contributed by atoms with Crippen molar-refractivity contribution in [3.63, 3.8) is 0 Å². The number of thiophene rings is 1. The van der Waals surface area contributed by atoms with Crippen LogP contribution in [0.4, 0.5) is 5.00 Å². The quantitative estimate of drug-likeness (QED) is 0.473. The molecular formula is C11H12N2O4S. The molecule has 1 amide bonds. The summed E-state index contributed by atoms with van der Waals surface area (Å²) in [6, 6.07) is 0. The number of anilines is 1. The summed E-state index contributed by atoms with van der Waals surface area (Å²) in [5.41, 5.74) is 1.37. The van der Waals surface area contributed by atoms with Crippen LogP contribution in [0, 0.1) is 0 Å². The van der Waals surface area contributed by atoms with E-state index < -0.39 is 11.9 Å². The van der Waals surface area contributed by atoms with Crippen molar-refractivity contribution in [1.29, 1.82) is 0 Å². The van der Waals surface area contributed by atoms with Crippen LogP contribution < -0.4 is 10.6 Å². The Hall–Kier alpha value is -1.86. The van der Waals surface area contributed by atoms with Crippen LogP contribution in [-0.4, -0.2) is 28.6 Å². The molecule has 0 bridgehead atoms. The third-order valence-corrected chi connectivity index (χ3v) is 3.79. The first kappa shape index (κ1) is 12.6. The van der Waals surface area contributed by atoms with E-state index in [0.717, 1.165) is 17.0 Å². The van der Waals surface area contributed by atoms with E-state index in [-0.39, 0.29) is 5.76 Å². The van der Waals surface area contributed by atoms with E-state index >= 15 is 0 Å². The van der Waals surface area contributed by atoms with E-state index in [2.05, 4.69) is 17.2 Å². The zero-order valence-corrected chi connectivity index (χ0v) is 10.3. The Kier molecular flexibility index (Phi) is 3.35. The summed E-state index contributed by atoms with van der Waals surface area (Å²) in [4.78, 5) is 22.7. The first-order chi connectivity index (χ1) is 8.50. The number of nitrogens with one attached hydrogen (secondary N) is 2. The first-order valence-electron chi connectivity index (χ1n) is 5.28. The van der Waals surface area contributed by atoms with Gasteiger partial charge in [0.1, 0.15) is 10.8 Å². The summed E-state index contributed by atoms with van der Waals surface area (Å²) in [5.74, 6) is -2.84. The highest BCUT2D eigenvalue weighted by molar-refractivity contribution is 7.16. The molecule has 6 nitrogen and oxygen atoms in total. The van der Waals surface area contributed by atoms with Crippen LogP contribution in [0.25, 0.3) is 5.76 Å². The summed E-state index contributed by atoms with van der Waals surface area (Å²) in [6.45, 7) is 4.88. The molecule has 0 atom stereocenters. The highest BCUT2D eigenvalue weighted by Crippen LogP contribution is 2.38. The van der Waals surface area contributed by atoms with E-state index in [9.17, 15) is 14.7 Å². The number of amides is 1. The second-order valence-corrected chi connectivity index (χ2v) is 4.95. The third kappa shape index (κ3) is 2.22. The predicted molar refractivity (Wildman–Crippen MR) is 67.7 cm³/mol. The number of aliphatic hydroxyl groups is 1. The zero-order valence-electron chi connectivity index (χ0n) is 9.45. The summed E-state index contributed by atoms with van der Waals surface area (Å²) in [5, 5.41) is 23.9. The molecule has 0 aliphatic carbocycles. The van der Waals surface area contributed by atoms with Gasteiger partial charge in [0.05, 0.1) is 5.56 Å². The molecule has 1 aromatic heterocycles. The van der Waals surface area contributed by atoms with Gasteiger partial charge in [-0.05, 0) is 18.5 Å². The van der Waals surface area contributed by atoms with E-state index in [0.29, 0.717) is 23.5 Å². The molecule has 2 rings (SSSR count). The standard InChI is InChI=1S/C11H12N2O4S/c1-5(14)8-6-2-3-12-4-7(6)18-10(8)13-9(15)11(16)17/h12,14H,1-4H2,(H,13,15)(H,16,17). The Labute approximate surface area is 107 Å². The second kappa shape index (κ2) is 4.79. The fourth-order valence-corrected chi connectivity index (χ4v) is 3.12. The molecule has 7 heteroatoms. The average molecular weight is 268 g/mol. The Bertz CT molecular complexity index is 535. The largest absolute Gasteiger partial charge is 0.508 e. The minimum absolute atomic E-state index is 0.157. The number of carbonyl (C=O) groups is 2. The minimum atomic E-state index is -1.56. The number of carboxylic acids is 1. The fraction of sp³-hybridized carbons (Fsp3) is 0.273. The number of hydrogen-bond donors (Lipinski definition) is 4. The smallest absolute Gasteiger partial charge is 0.394 e. The van der Waals surface area contributed by atoms with Crippen molar-refractivity contribution in [2.75, 3.05) is 11.9 Å². The maximum Gasteiger partial charge on any atom is 0.394 e. The number of hydrogen-bond acceptors (Lipinski definition) is 5. The van der Waals surface area contributed by atoms with Crippen molar-refractivity contribution in [3.05, 3.63) is 22.6 Å². The molecule has 1 aliphatic rings. The van der Waals surface area contributed by atoms with Crippen LogP contribution in [0.5, 0.6) is 0 Å². The Morgan fingerprint density at radius 1 is 1.39 bits per heavy atom. The fourth-order valence-electron chi connectivity index (χ4n) is 1.88. The van der Waals surface area contributed by atoms with E-state index in [1.807, 2.05) is 0 Å². The van der Waals surface area contributed by atoms with Gasteiger partial charge in [-0.2, -0.15) is 0 Å². The normalized spacial score (nSPS) is 13.8. The topological polar surface area (TPSA) is 98.7 Å². The Balaban J connectivity index is 2.40. The molecular weight excluding hydrogens is 256 g/mol. The molecule has 0 spiro atoms. The van der Waals surface area contributed by atoms with Crippen molar-refractivity contribution in [2.45, 2.75) is 13.0 Å². The molecule has 0 aromatic carbocycles. The van der Waals surface area contributed by atoms with Gasteiger partial charge >= 0.3 is 11.9 Å². The maximum absolute atomic E-state index is 11.2. The lowest BCUT2D eigenvalue weighted by Gasteiger charge is -2.13. The summed E-state index contributed by atoms with van der Waals surface area (Å²) in [6.07, 6.45) is 0.712. The number of aliphatic hydroxyl groups excluding tert-OH is 1. The molecule has 1 aromatic rings. The highest BCUT2D eigenvalue weighted by atomic mass is 32.1. The minimum Gasteiger partial charge on any atom is -0.508 e. The molecule has 0 saturated heterocycles. The van der Waals surface area contributed by atoms with Crippen LogP contribution >= 0.6 is 11.3 Å². The molecule has 4 N–H and O–H groups in total. The lowest BCUT2D eigenvalue weighted by Crippen LogP contribution is -2.23. The van der Waals surface area contributed by atoms with Crippen molar-refractivity contribution in [1.82, 2.24) is 5.32 Å². The van der Waals surface area contributed by atoms with Crippen LogP contribution in [0.1, 0.15) is 16.0 Å². The van der Waals surface area contributed by atoms with E-state index in [4.69, 9.17) is 5.11 Å². The van der Waals surface area contributed by atoms with Gasteiger partial charge in [0.25, 0.3) is 0 Å². The third-order valence-electron chi connectivity index (χ3n) is 2.64. The second-order valence-electron chi connectivity index (χ2n) is 3.84. The van der Waals surface area contributed by atoms with Crippen LogP contribution in [0.15, 0.2) is 6.58 Å². The number of rotatable bonds is 2. The molecule has 0 fully saturated rings. The number of carbonyl (C=O) groups excluding carboxylic acids is 1. The predicted octanol–water partition coefficient (Wildman–Crippen LogP) is 0.946. The average Bonchev–Trinajstić information content (AvgIpc) is 2.66. The van der Waals surface area contributed by atoms with Crippen molar-refractivity contribution in [3.8, 4) is 0 Å². The Morgan fingerprint density at radius 2 is 2.11 bits per heavy atom. The van der Waals surface area contributed by atoms with E-state index in [1.165, 1.54) is 11.3 Å². The van der Waals surface area contributed by atoms with Crippen molar-refractivity contribution < 1.29 is 19.8 Å². The van der Waals surface area contributed by atoms with Gasteiger partial charge < -0.3 is 20.8 Å². The molecule has 0 radical (unpaired) electrons. The number of carboxylic acid groups (broad SMARTS) is 1. The molecule has 96 valence electrons.